The van der Waals surface area contributed by atoms with Crippen LogP contribution in [0.3, 0.4) is 0 Å². The summed E-state index contributed by atoms with van der Waals surface area (Å²) in [5.41, 5.74) is 0. The second-order valence-corrected chi connectivity index (χ2v) is 6.00. The SMILES string of the molecule is O=C(OC(=O)C1(C(F)(F)F)OC(F)C(C(F)(F)F)O1)C1(C(F)(F)F)OC(F)C(C(F)(F)F)O1. The Labute approximate surface area is 169 Å². The zero-order valence-electron chi connectivity index (χ0n) is 14.5. The predicted octanol–water partition coefficient (Wildman–Crippen LogP) is 3.12. The molecule has 21 heteroatoms. The Morgan fingerprint density at radius 2 is 0.848 bits per heavy atom. The molecule has 192 valence electrons. The zero-order chi connectivity index (χ0) is 26.0. The van der Waals surface area contributed by atoms with Crippen LogP contribution >= 0.6 is 0 Å². The zero-order valence-corrected chi connectivity index (χ0v) is 14.5. The minimum absolute atomic E-state index is 3.01. The van der Waals surface area contributed by atoms with Gasteiger partial charge in [0, 0.05) is 0 Å². The Morgan fingerprint density at radius 3 is 1.03 bits per heavy atom. The topological polar surface area (TPSA) is 80.3 Å². The summed E-state index contributed by atoms with van der Waals surface area (Å²) in [6.07, 6.45) is -41.8. The molecular weight excluding hydrogens is 522 g/mol. The molecule has 0 aliphatic carbocycles. The van der Waals surface area contributed by atoms with Gasteiger partial charge in [-0.15, -0.1) is 0 Å². The summed E-state index contributed by atoms with van der Waals surface area (Å²) in [6, 6.07) is 0. The van der Waals surface area contributed by atoms with Gasteiger partial charge in [0.15, 0.2) is 0 Å². The molecule has 0 radical (unpaired) electrons. The molecule has 0 aromatic carbocycles. The lowest BCUT2D eigenvalue weighted by Gasteiger charge is -2.30. The van der Waals surface area contributed by atoms with Crippen molar-refractivity contribution in [1.82, 2.24) is 0 Å². The number of halogens is 14. The summed E-state index contributed by atoms with van der Waals surface area (Å²) in [4.78, 5) is 23.4. The Kier molecular flexibility index (Phi) is 6.41. The minimum Gasteiger partial charge on any atom is -0.384 e. The first-order chi connectivity index (χ1) is 14.5. The average molecular weight is 526 g/mol. The summed E-state index contributed by atoms with van der Waals surface area (Å²) >= 11 is 0. The fourth-order valence-electron chi connectivity index (χ4n) is 2.30. The van der Waals surface area contributed by atoms with Crippen LogP contribution in [-0.4, -0.2) is 73.1 Å². The smallest absolute Gasteiger partial charge is 0.384 e. The van der Waals surface area contributed by atoms with Gasteiger partial charge in [0.25, 0.3) is 0 Å². The molecule has 7 nitrogen and oxygen atoms in total. The van der Waals surface area contributed by atoms with Crippen molar-refractivity contribution in [3.8, 4) is 0 Å². The standard InChI is InChI=1S/C12H4F14O7/c13-3-1(9(15,16)17)30-7(32-3,11(21,22)23)5(27)29-6(28)8(12(24,25)26)31-2(4(14)33-8)10(18,19)20/h1-4H. The molecule has 0 aromatic rings. The molecule has 33 heavy (non-hydrogen) atoms. The van der Waals surface area contributed by atoms with Crippen LogP contribution in [0.4, 0.5) is 61.5 Å². The maximum absolute atomic E-state index is 13.3. The minimum atomic E-state index is -6.57. The van der Waals surface area contributed by atoms with Gasteiger partial charge in [-0.1, -0.05) is 0 Å². The highest BCUT2D eigenvalue weighted by atomic mass is 19.4. The number of hydrogen-bond acceptors (Lipinski definition) is 7. The van der Waals surface area contributed by atoms with E-state index in [4.69, 9.17) is 0 Å². The monoisotopic (exact) mass is 526 g/mol. The number of carbonyl (C=O) groups excluding carboxylic acids is 2. The van der Waals surface area contributed by atoms with Gasteiger partial charge in [0.1, 0.15) is 0 Å². The number of hydrogen-bond donors (Lipinski definition) is 0. The second kappa shape index (κ2) is 7.77. The molecular formula is C12H4F14O7. The van der Waals surface area contributed by atoms with E-state index in [1.807, 2.05) is 0 Å². The van der Waals surface area contributed by atoms with Gasteiger partial charge in [-0.25, -0.2) is 18.4 Å². The average Bonchev–Trinajstić information content (AvgIpc) is 3.12. The first kappa shape index (κ1) is 27.2. The Balaban J connectivity index is 2.43. The quantitative estimate of drug-likeness (QED) is 0.311. The van der Waals surface area contributed by atoms with Crippen LogP contribution in [0.2, 0.25) is 0 Å². The molecule has 2 fully saturated rings. The van der Waals surface area contributed by atoms with Gasteiger partial charge >= 0.3 is 48.2 Å². The van der Waals surface area contributed by atoms with Crippen molar-refractivity contribution in [2.24, 2.45) is 0 Å². The van der Waals surface area contributed by atoms with Crippen LogP contribution in [0.5, 0.6) is 0 Å². The summed E-state index contributed by atoms with van der Waals surface area (Å²) in [7, 11) is 0. The van der Waals surface area contributed by atoms with E-state index in [1.54, 1.807) is 0 Å². The van der Waals surface area contributed by atoms with Crippen LogP contribution in [0.1, 0.15) is 0 Å². The van der Waals surface area contributed by atoms with Crippen LogP contribution in [0, 0.1) is 0 Å². The fourth-order valence-corrected chi connectivity index (χ4v) is 2.30. The van der Waals surface area contributed by atoms with E-state index < -0.39 is 73.1 Å². The van der Waals surface area contributed by atoms with Gasteiger partial charge < -0.3 is 14.2 Å². The third-order valence-corrected chi connectivity index (χ3v) is 3.73. The Bertz CT molecular complexity index is 723. The Hall–Kier alpha value is -2.00. The Morgan fingerprint density at radius 1 is 0.576 bits per heavy atom. The molecule has 6 unspecified atom stereocenters. The van der Waals surface area contributed by atoms with Crippen molar-refractivity contribution in [2.75, 3.05) is 0 Å². The maximum Gasteiger partial charge on any atom is 0.455 e. The first-order valence-electron chi connectivity index (χ1n) is 7.52. The van der Waals surface area contributed by atoms with Crippen molar-refractivity contribution >= 4 is 11.9 Å². The largest absolute Gasteiger partial charge is 0.455 e. The van der Waals surface area contributed by atoms with Gasteiger partial charge in [0.2, 0.25) is 24.9 Å². The van der Waals surface area contributed by atoms with E-state index in [0.717, 1.165) is 0 Å². The third-order valence-electron chi connectivity index (χ3n) is 3.73. The highest BCUT2D eigenvalue weighted by Crippen LogP contribution is 2.50. The van der Waals surface area contributed by atoms with Gasteiger partial charge in [0.05, 0.1) is 0 Å². The van der Waals surface area contributed by atoms with Crippen molar-refractivity contribution in [2.45, 2.75) is 61.2 Å². The van der Waals surface area contributed by atoms with Crippen molar-refractivity contribution in [3.63, 3.8) is 0 Å². The normalized spacial score (nSPS) is 36.2. The van der Waals surface area contributed by atoms with Crippen LogP contribution < -0.4 is 0 Å². The molecule has 2 saturated heterocycles. The molecule has 0 saturated carbocycles. The van der Waals surface area contributed by atoms with Crippen molar-refractivity contribution in [3.05, 3.63) is 0 Å². The highest BCUT2D eigenvalue weighted by molar-refractivity contribution is 5.94. The van der Waals surface area contributed by atoms with Gasteiger partial charge in [-0.3, -0.25) is 9.47 Å². The van der Waals surface area contributed by atoms with E-state index >= 15 is 0 Å². The maximum atomic E-state index is 13.3. The van der Waals surface area contributed by atoms with Crippen LogP contribution in [-0.2, 0) is 33.3 Å². The number of ether oxygens (including phenoxy) is 5. The molecule has 2 aliphatic rings. The van der Waals surface area contributed by atoms with Crippen LogP contribution in [0.15, 0.2) is 0 Å². The fraction of sp³-hybridized carbons (Fsp3) is 0.833. The molecule has 2 rings (SSSR count). The number of rotatable bonds is 2. The number of carbonyl (C=O) groups is 2. The number of esters is 2. The van der Waals surface area contributed by atoms with Gasteiger partial charge in [-0.05, 0) is 0 Å². The summed E-state index contributed by atoms with van der Waals surface area (Å²) in [5, 5.41) is 0. The van der Waals surface area contributed by atoms with E-state index in [1.165, 1.54) is 0 Å². The highest BCUT2D eigenvalue weighted by Gasteiger charge is 2.78. The third kappa shape index (κ3) is 4.54. The molecule has 0 spiro atoms. The first-order valence-corrected chi connectivity index (χ1v) is 7.52. The molecule has 0 bridgehead atoms. The van der Waals surface area contributed by atoms with E-state index in [-0.39, 0.29) is 0 Å². The van der Waals surface area contributed by atoms with Crippen molar-refractivity contribution < 1.29 is 94.7 Å². The predicted molar refractivity (Wildman–Crippen MR) is 62.5 cm³/mol. The lowest BCUT2D eigenvalue weighted by Crippen LogP contribution is -2.60. The van der Waals surface area contributed by atoms with Gasteiger partial charge in [-0.2, -0.15) is 52.7 Å². The molecule has 0 N–H and O–H groups in total. The molecule has 6 atom stereocenters. The molecule has 2 aliphatic heterocycles. The van der Waals surface area contributed by atoms with Crippen molar-refractivity contribution in [1.29, 1.82) is 0 Å². The summed E-state index contributed by atoms with van der Waals surface area (Å²) in [5.74, 6) is -18.4. The summed E-state index contributed by atoms with van der Waals surface area (Å²) < 4.78 is 196. The van der Waals surface area contributed by atoms with E-state index in [9.17, 15) is 71.1 Å². The summed E-state index contributed by atoms with van der Waals surface area (Å²) in [6.45, 7) is 0. The molecule has 0 aromatic heterocycles. The number of alkyl halides is 14. The second-order valence-electron chi connectivity index (χ2n) is 6.00. The molecule has 0 amide bonds. The molecule has 2 heterocycles. The van der Waals surface area contributed by atoms with E-state index in [0.29, 0.717) is 0 Å². The lowest BCUT2D eigenvalue weighted by atomic mass is 10.2. The van der Waals surface area contributed by atoms with E-state index in [2.05, 4.69) is 23.7 Å². The lowest BCUT2D eigenvalue weighted by molar-refractivity contribution is -0.360. The van der Waals surface area contributed by atoms with Crippen LogP contribution in [0.25, 0.3) is 0 Å².